The molecule has 386 valence electrons. The van der Waals surface area contributed by atoms with Gasteiger partial charge in [-0.2, -0.15) is 0 Å². The van der Waals surface area contributed by atoms with Crippen LogP contribution in [0.1, 0.15) is 50.5 Å². The highest BCUT2D eigenvalue weighted by Gasteiger charge is 2.27. The van der Waals surface area contributed by atoms with Crippen molar-refractivity contribution in [2.75, 3.05) is 49.7 Å². The van der Waals surface area contributed by atoms with Crippen molar-refractivity contribution in [2.24, 2.45) is 0 Å². The number of aromatic nitrogens is 4. The minimum atomic E-state index is -0.810. The molecule has 4 atom stereocenters. The molecule has 0 aliphatic carbocycles. The second kappa shape index (κ2) is 22.8. The molecule has 76 heavy (non-hydrogen) atoms. The van der Waals surface area contributed by atoms with E-state index in [1.807, 2.05) is 109 Å². The first-order chi connectivity index (χ1) is 36.8. The number of aromatic amines is 2. The summed E-state index contributed by atoms with van der Waals surface area (Å²) in [5.41, 5.74) is 11.5. The SMILES string of the molecule is CO[C@H](C)C(=O)Nc1cccc(NC(=O)[C@@H](C)OC)c1-c1c2nc(c(-c3ccccc3)c3ccc([nH]3)c(-c3c(NC(=O)[C@@H](C)OC)cccc3NC(=O)[C@@H](C)OC)c3nc(c(-c4ccccc4)c4ccc1[nH]4)C=C3)C=C2. The zero-order valence-electron chi connectivity index (χ0n) is 43.3. The predicted octanol–water partition coefficient (Wildman–Crippen LogP) is 11.2. The molecule has 5 heterocycles. The molecule has 0 saturated heterocycles. The van der Waals surface area contributed by atoms with E-state index in [-0.39, 0.29) is 0 Å². The Hall–Kier alpha value is -8.80. The third-order valence-electron chi connectivity index (χ3n) is 13.4. The van der Waals surface area contributed by atoms with Crippen LogP contribution in [0, 0.1) is 0 Å². The van der Waals surface area contributed by atoms with Crippen molar-refractivity contribution in [3.63, 3.8) is 0 Å². The highest BCUT2D eigenvalue weighted by molar-refractivity contribution is 6.11. The van der Waals surface area contributed by atoms with Gasteiger partial charge in [-0.1, -0.05) is 72.8 Å². The van der Waals surface area contributed by atoms with Crippen LogP contribution in [-0.4, -0.2) is 96.4 Å². The predicted molar refractivity (Wildman–Crippen MR) is 301 cm³/mol. The van der Waals surface area contributed by atoms with E-state index in [1.165, 1.54) is 28.4 Å². The minimum Gasteiger partial charge on any atom is -0.372 e. The average Bonchev–Trinajstić information content (AvgIpc) is 4.31. The van der Waals surface area contributed by atoms with Crippen LogP contribution in [0.15, 0.2) is 121 Å². The molecule has 2 aliphatic heterocycles. The Balaban J connectivity index is 1.46. The Morgan fingerprint density at radius 3 is 0.895 bits per heavy atom. The van der Waals surface area contributed by atoms with Crippen molar-refractivity contribution >= 4 is 92.7 Å². The number of methoxy groups -OCH3 is 4. The van der Waals surface area contributed by atoms with Crippen LogP contribution in [0.2, 0.25) is 0 Å². The number of ether oxygens (including phenoxy) is 4. The zero-order valence-corrected chi connectivity index (χ0v) is 43.3. The number of fused-ring (bicyclic) bond motifs is 8. The Labute approximate surface area is 439 Å². The van der Waals surface area contributed by atoms with Gasteiger partial charge in [-0.05, 0) is 112 Å². The molecule has 4 aromatic carbocycles. The Kier molecular flexibility index (Phi) is 15.6. The van der Waals surface area contributed by atoms with E-state index in [0.29, 0.717) is 89.8 Å². The van der Waals surface area contributed by atoms with Gasteiger partial charge in [-0.25, -0.2) is 9.97 Å². The van der Waals surface area contributed by atoms with Crippen LogP contribution in [0.4, 0.5) is 22.7 Å². The number of nitrogens with zero attached hydrogens (tertiary/aromatic N) is 2. The lowest BCUT2D eigenvalue weighted by Gasteiger charge is -2.20. The molecule has 0 radical (unpaired) electrons. The number of rotatable bonds is 16. The number of benzene rings is 4. The molecule has 6 N–H and O–H groups in total. The van der Waals surface area contributed by atoms with E-state index in [1.54, 1.807) is 64.1 Å². The molecular weight excluding hydrogens is 961 g/mol. The lowest BCUT2D eigenvalue weighted by molar-refractivity contribution is -0.125. The van der Waals surface area contributed by atoms with Crippen LogP contribution < -0.4 is 21.3 Å². The Bertz CT molecular complexity index is 3280. The van der Waals surface area contributed by atoms with E-state index < -0.39 is 48.0 Å². The molecule has 16 heteroatoms. The molecular formula is C60H58N8O8. The lowest BCUT2D eigenvalue weighted by atomic mass is 9.98. The summed E-state index contributed by atoms with van der Waals surface area (Å²) in [7, 11) is 5.85. The molecule has 0 fully saturated rings. The normalized spacial score (nSPS) is 13.4. The number of hydrogen-bond acceptors (Lipinski definition) is 10. The van der Waals surface area contributed by atoms with Crippen molar-refractivity contribution in [2.45, 2.75) is 52.1 Å². The summed E-state index contributed by atoms with van der Waals surface area (Å²) in [5.74, 6) is -1.61. The van der Waals surface area contributed by atoms with Gasteiger partial charge in [0.1, 0.15) is 24.4 Å². The zero-order chi connectivity index (χ0) is 53.6. The number of carbonyl (C=O) groups is 4. The van der Waals surface area contributed by atoms with Gasteiger partial charge in [0.25, 0.3) is 23.6 Å². The highest BCUT2D eigenvalue weighted by Crippen LogP contribution is 2.45. The minimum absolute atomic E-state index is 0.390. The maximum Gasteiger partial charge on any atom is 0.253 e. The van der Waals surface area contributed by atoms with E-state index in [0.717, 1.165) is 22.3 Å². The van der Waals surface area contributed by atoms with Crippen LogP contribution >= 0.6 is 0 Å². The fourth-order valence-corrected chi connectivity index (χ4v) is 8.97. The van der Waals surface area contributed by atoms with E-state index >= 15 is 0 Å². The summed E-state index contributed by atoms with van der Waals surface area (Å²) >= 11 is 0. The quantitative estimate of drug-likeness (QED) is 0.0539. The topological polar surface area (TPSA) is 211 Å². The Morgan fingerprint density at radius 1 is 0.355 bits per heavy atom. The number of H-pyrrole nitrogens is 2. The molecule has 0 unspecified atom stereocenters. The number of anilines is 4. The molecule has 16 nitrogen and oxygen atoms in total. The summed E-state index contributed by atoms with van der Waals surface area (Å²) < 4.78 is 21.8. The van der Waals surface area contributed by atoms with Crippen LogP contribution in [0.3, 0.4) is 0 Å². The first-order valence-corrected chi connectivity index (χ1v) is 24.7. The van der Waals surface area contributed by atoms with Crippen molar-refractivity contribution in [1.82, 2.24) is 19.9 Å². The summed E-state index contributed by atoms with van der Waals surface area (Å²) in [4.78, 5) is 73.4. The first-order valence-electron chi connectivity index (χ1n) is 24.7. The largest absolute Gasteiger partial charge is 0.372 e. The first kappa shape index (κ1) is 52.1. The molecule has 3 aromatic heterocycles. The third kappa shape index (κ3) is 10.6. The molecule has 0 spiro atoms. The van der Waals surface area contributed by atoms with Gasteiger partial charge in [-0.15, -0.1) is 0 Å². The van der Waals surface area contributed by atoms with Gasteiger partial charge in [0.2, 0.25) is 0 Å². The van der Waals surface area contributed by atoms with Gasteiger partial charge >= 0.3 is 0 Å². The maximum absolute atomic E-state index is 13.8. The molecule has 0 saturated carbocycles. The van der Waals surface area contributed by atoms with Crippen molar-refractivity contribution in [3.05, 3.63) is 144 Å². The number of carbonyl (C=O) groups excluding carboxylic acids is 4. The fraction of sp³-hybridized carbons (Fsp3) is 0.200. The second-order valence-electron chi connectivity index (χ2n) is 18.2. The molecule has 9 rings (SSSR count). The maximum atomic E-state index is 13.8. The highest BCUT2D eigenvalue weighted by atomic mass is 16.5. The average molecular weight is 1020 g/mol. The molecule has 8 bridgehead atoms. The van der Waals surface area contributed by atoms with E-state index in [9.17, 15) is 19.2 Å². The van der Waals surface area contributed by atoms with Crippen molar-refractivity contribution in [1.29, 1.82) is 0 Å². The van der Waals surface area contributed by atoms with E-state index in [2.05, 4.69) is 31.2 Å². The number of amides is 4. The number of hydrogen-bond donors (Lipinski definition) is 6. The monoisotopic (exact) mass is 1020 g/mol. The van der Waals surface area contributed by atoms with Crippen molar-refractivity contribution in [3.8, 4) is 44.5 Å². The van der Waals surface area contributed by atoms with Crippen LogP contribution in [0.25, 0.3) is 90.9 Å². The van der Waals surface area contributed by atoms with Crippen molar-refractivity contribution < 1.29 is 38.1 Å². The molecule has 2 aliphatic rings. The standard InChI is InChI=1S/C60H58N8O8/c1-33(73-5)57(69)65-39-21-15-22-40(66-58(70)34(2)74-6)53(39)55-47-29-25-43(61-47)51(37-17-11-9-12-18-37)45-27-31-49(63-45)56(50-32-28-46(64-50)52(38-19-13-10-14-20-38)44-26-30-48(55)62-44)54-41(67-59(71)35(3)75-7)23-16-24-42(54)68-60(72)36(4)76-8/h9-36,61,64H,1-8H3,(H,65,69)(H,66,70)(H,67,71)(H,68,72)/t33-,34-,35-,36-/m1/s1. The molecule has 4 amide bonds. The Morgan fingerprint density at radius 2 is 0.618 bits per heavy atom. The van der Waals surface area contributed by atoms with E-state index in [4.69, 9.17) is 28.9 Å². The smallest absolute Gasteiger partial charge is 0.253 e. The second-order valence-corrected chi connectivity index (χ2v) is 18.2. The van der Waals surface area contributed by atoms with Gasteiger partial charge in [-0.3, -0.25) is 19.2 Å². The lowest BCUT2D eigenvalue weighted by Crippen LogP contribution is -2.28. The fourth-order valence-electron chi connectivity index (χ4n) is 8.97. The molecule has 7 aromatic rings. The van der Waals surface area contributed by atoms with Gasteiger partial charge < -0.3 is 50.2 Å². The number of nitrogens with one attached hydrogen (secondary N) is 6. The summed E-state index contributed by atoms with van der Waals surface area (Å²) in [6.07, 6.45) is 4.45. The summed E-state index contributed by atoms with van der Waals surface area (Å²) in [6.45, 7) is 6.61. The van der Waals surface area contributed by atoms with Gasteiger partial charge in [0.15, 0.2) is 0 Å². The van der Waals surface area contributed by atoms with Gasteiger partial charge in [0, 0.05) is 83.9 Å². The van der Waals surface area contributed by atoms with Gasteiger partial charge in [0.05, 0.1) is 45.5 Å². The summed E-state index contributed by atoms with van der Waals surface area (Å²) in [6, 6.07) is 38.1. The third-order valence-corrected chi connectivity index (χ3v) is 13.4. The van der Waals surface area contributed by atoms with Crippen LogP contribution in [-0.2, 0) is 38.1 Å². The summed E-state index contributed by atoms with van der Waals surface area (Å²) in [5, 5.41) is 12.3. The van der Waals surface area contributed by atoms with Crippen LogP contribution in [0.5, 0.6) is 0 Å².